The van der Waals surface area contributed by atoms with Crippen LogP contribution in [0.15, 0.2) is 20.4 Å². The highest BCUT2D eigenvalue weighted by Gasteiger charge is 1.94. The normalized spacial score (nSPS) is 11.9. The summed E-state index contributed by atoms with van der Waals surface area (Å²) < 4.78 is 4.94. The van der Waals surface area contributed by atoms with Gasteiger partial charge in [-0.3, -0.25) is 0 Å². The third kappa shape index (κ3) is 61.6. The highest BCUT2D eigenvalue weighted by atomic mass is 32.2. The summed E-state index contributed by atoms with van der Waals surface area (Å²) in [7, 11) is 0. The molecule has 1 fully saturated rings. The lowest BCUT2D eigenvalue weighted by Gasteiger charge is -1.76. The second-order valence-corrected chi connectivity index (χ2v) is 3.33. The van der Waals surface area contributed by atoms with Crippen LogP contribution in [-0.2, 0) is 4.74 Å². The van der Waals surface area contributed by atoms with Crippen molar-refractivity contribution in [2.75, 3.05) is 25.7 Å². The van der Waals surface area contributed by atoms with E-state index in [4.69, 9.17) is 15.8 Å². The molecule has 0 amide bonds. The molecule has 6 N–H and O–H groups in total. The summed E-state index contributed by atoms with van der Waals surface area (Å²) in [6.45, 7) is 2.00. The first kappa shape index (κ1) is 26.2. The fraction of sp³-hybridized carbons (Fsp3) is 0.750. The fourth-order valence-corrected chi connectivity index (χ4v) is 0.577. The van der Waals surface area contributed by atoms with Crippen molar-refractivity contribution in [3.8, 4) is 0 Å². The SMILES string of the molecule is C1CCOC1.CSC.N=NC=NN.N=NC=NN.[B]. The zero-order chi connectivity index (χ0) is 14.5. The Morgan fingerprint density at radius 2 is 1.32 bits per heavy atom. The number of nitrogens with two attached hydrogens (primary N) is 2. The van der Waals surface area contributed by atoms with E-state index < -0.39 is 0 Å². The molecule has 0 atom stereocenters. The number of rotatable bonds is 2. The Labute approximate surface area is 120 Å². The second-order valence-electron chi connectivity index (χ2n) is 2.52. The molecule has 1 saturated heterocycles. The zero-order valence-corrected chi connectivity index (χ0v) is 12.1. The van der Waals surface area contributed by atoms with Gasteiger partial charge in [-0.2, -0.15) is 22.0 Å². The van der Waals surface area contributed by atoms with E-state index in [1.165, 1.54) is 12.8 Å². The molecular formula is C8H22BN8OS. The minimum atomic E-state index is 0. The number of nitrogens with one attached hydrogen (secondary N) is 2. The van der Waals surface area contributed by atoms with E-state index in [9.17, 15) is 0 Å². The third-order valence-electron chi connectivity index (χ3n) is 1.08. The quantitative estimate of drug-likeness (QED) is 0.150. The maximum Gasteiger partial charge on any atom is 0.156 e. The van der Waals surface area contributed by atoms with E-state index in [-0.39, 0.29) is 8.41 Å². The van der Waals surface area contributed by atoms with Gasteiger partial charge in [0.25, 0.3) is 0 Å². The molecule has 0 saturated carbocycles. The van der Waals surface area contributed by atoms with Crippen LogP contribution in [0.3, 0.4) is 0 Å². The molecule has 0 bridgehead atoms. The Morgan fingerprint density at radius 3 is 1.37 bits per heavy atom. The van der Waals surface area contributed by atoms with Gasteiger partial charge in [0, 0.05) is 21.6 Å². The maximum atomic E-state index is 6.00. The summed E-state index contributed by atoms with van der Waals surface area (Å²) >= 11 is 1.75. The average molecular weight is 289 g/mol. The van der Waals surface area contributed by atoms with Gasteiger partial charge in [0.2, 0.25) is 0 Å². The first-order valence-corrected chi connectivity index (χ1v) is 6.52. The third-order valence-corrected chi connectivity index (χ3v) is 1.08. The van der Waals surface area contributed by atoms with Crippen LogP contribution in [0.25, 0.3) is 0 Å². The van der Waals surface area contributed by atoms with Crippen molar-refractivity contribution in [2.24, 2.45) is 32.1 Å². The predicted molar refractivity (Wildman–Crippen MR) is 80.9 cm³/mol. The second kappa shape index (κ2) is 36.0. The molecule has 1 heterocycles. The fourth-order valence-electron chi connectivity index (χ4n) is 0.577. The molecule has 19 heavy (non-hydrogen) atoms. The molecule has 11 heteroatoms. The lowest BCUT2D eigenvalue weighted by atomic mass is 10.4. The van der Waals surface area contributed by atoms with Crippen LogP contribution in [0.1, 0.15) is 12.8 Å². The Hall–Kier alpha value is -1.49. The highest BCUT2D eigenvalue weighted by Crippen LogP contribution is 1.98. The molecule has 0 aromatic heterocycles. The molecule has 0 aromatic carbocycles. The van der Waals surface area contributed by atoms with Crippen LogP contribution >= 0.6 is 11.8 Å². The van der Waals surface area contributed by atoms with Crippen LogP contribution in [0.2, 0.25) is 0 Å². The number of thioether (sulfide) groups is 1. The molecule has 0 unspecified atom stereocenters. The molecule has 0 aromatic rings. The molecular weight excluding hydrogens is 267 g/mol. The molecule has 1 rings (SSSR count). The number of hydrogen-bond acceptors (Lipinski definition) is 8. The monoisotopic (exact) mass is 289 g/mol. The van der Waals surface area contributed by atoms with Gasteiger partial charge < -0.3 is 16.4 Å². The van der Waals surface area contributed by atoms with Gasteiger partial charge in [-0.25, -0.2) is 11.1 Å². The van der Waals surface area contributed by atoms with Crippen molar-refractivity contribution >= 4 is 32.9 Å². The van der Waals surface area contributed by atoms with Gasteiger partial charge in [0.05, 0.1) is 0 Å². The predicted octanol–water partition coefficient (Wildman–Crippen LogP) is 1.23. The number of nitrogens with zero attached hydrogens (tertiary/aromatic N) is 4. The van der Waals surface area contributed by atoms with Gasteiger partial charge in [0.1, 0.15) is 0 Å². The molecule has 109 valence electrons. The molecule has 9 nitrogen and oxygen atoms in total. The number of hydrogen-bond donors (Lipinski definition) is 4. The van der Waals surface area contributed by atoms with Crippen molar-refractivity contribution in [3.63, 3.8) is 0 Å². The first-order valence-electron chi connectivity index (χ1n) is 4.89. The van der Waals surface area contributed by atoms with Crippen molar-refractivity contribution in [1.29, 1.82) is 11.1 Å². The highest BCUT2D eigenvalue weighted by molar-refractivity contribution is 7.97. The Balaban J connectivity index is -0.0000000790. The Morgan fingerprint density at radius 1 is 1.00 bits per heavy atom. The smallest absolute Gasteiger partial charge is 0.156 e. The number of hydrazone groups is 2. The van der Waals surface area contributed by atoms with E-state index in [1.54, 1.807) is 11.8 Å². The minimum absolute atomic E-state index is 0. The van der Waals surface area contributed by atoms with E-state index in [1.807, 2.05) is 12.5 Å². The summed E-state index contributed by atoms with van der Waals surface area (Å²) in [6, 6.07) is 0. The van der Waals surface area contributed by atoms with E-state index >= 15 is 0 Å². The first-order chi connectivity index (χ1) is 8.74. The van der Waals surface area contributed by atoms with Crippen molar-refractivity contribution in [2.45, 2.75) is 12.8 Å². The topological polar surface area (TPSA) is 158 Å². The van der Waals surface area contributed by atoms with Crippen LogP contribution in [0.4, 0.5) is 0 Å². The zero-order valence-electron chi connectivity index (χ0n) is 11.3. The van der Waals surface area contributed by atoms with Crippen molar-refractivity contribution in [1.82, 2.24) is 0 Å². The Bertz CT molecular complexity index is 189. The van der Waals surface area contributed by atoms with Gasteiger partial charge in [-0.1, -0.05) is 0 Å². The van der Waals surface area contributed by atoms with Gasteiger partial charge in [0.15, 0.2) is 12.7 Å². The molecule has 1 aliphatic rings. The molecule has 3 radical (unpaired) electrons. The van der Waals surface area contributed by atoms with Gasteiger partial charge in [-0.15, -0.1) is 10.2 Å². The average Bonchev–Trinajstić information content (AvgIpc) is 2.91. The van der Waals surface area contributed by atoms with Crippen LogP contribution < -0.4 is 11.7 Å². The summed E-state index contributed by atoms with van der Waals surface area (Å²) in [5.41, 5.74) is 12.0. The largest absolute Gasteiger partial charge is 0.381 e. The molecule has 0 aliphatic carbocycles. The van der Waals surface area contributed by atoms with E-state index in [2.05, 4.69) is 32.1 Å². The minimum Gasteiger partial charge on any atom is -0.381 e. The summed E-state index contributed by atoms with van der Waals surface area (Å²) in [4.78, 5) is 0. The van der Waals surface area contributed by atoms with Crippen LogP contribution in [-0.4, -0.2) is 46.8 Å². The van der Waals surface area contributed by atoms with Gasteiger partial charge in [-0.05, 0) is 25.4 Å². The standard InChI is InChI=1S/C4H8O.C2H6S.2CH4N4.B/c1-2-4-5-3-1;1-3-2;2*2-4-1-5-3;/h1-4H2;1-2H3;2*1-2H,3H2;. The summed E-state index contributed by atoms with van der Waals surface area (Å²) in [5.74, 6) is 8.99. The van der Waals surface area contributed by atoms with Crippen molar-refractivity contribution < 1.29 is 4.74 Å². The molecule has 1 aliphatic heterocycles. The number of ether oxygens (including phenoxy) is 1. The summed E-state index contributed by atoms with van der Waals surface area (Å²) in [5, 5.41) is 11.1. The lowest BCUT2D eigenvalue weighted by molar-refractivity contribution is 0.198. The maximum absolute atomic E-state index is 6.00. The lowest BCUT2D eigenvalue weighted by Crippen LogP contribution is -1.75. The Kier molecular flexibility index (Phi) is 49.5. The van der Waals surface area contributed by atoms with E-state index in [0.717, 1.165) is 25.9 Å². The van der Waals surface area contributed by atoms with Crippen LogP contribution in [0.5, 0.6) is 0 Å². The molecule has 0 spiro atoms. The van der Waals surface area contributed by atoms with E-state index in [0.29, 0.717) is 0 Å². The van der Waals surface area contributed by atoms with Crippen molar-refractivity contribution in [3.05, 3.63) is 0 Å². The summed E-state index contributed by atoms with van der Waals surface area (Å²) in [6.07, 6.45) is 8.53. The van der Waals surface area contributed by atoms with Crippen LogP contribution in [0, 0.1) is 11.1 Å². The van der Waals surface area contributed by atoms with Gasteiger partial charge >= 0.3 is 0 Å².